The number of aromatic carboxylic acids is 1. The minimum absolute atomic E-state index is 0.0692. The lowest BCUT2D eigenvalue weighted by molar-refractivity contribution is 0.0697. The number of carboxylic acids is 1. The highest BCUT2D eigenvalue weighted by Gasteiger charge is 2.15. The van der Waals surface area contributed by atoms with E-state index in [4.69, 9.17) is 0 Å². The number of benzene rings is 2. The Morgan fingerprint density at radius 2 is 1.72 bits per heavy atom. The van der Waals surface area contributed by atoms with Crippen molar-refractivity contribution in [2.75, 3.05) is 16.3 Å². The SMILES string of the molecule is CCc1ccc(C(=O)Nc2ccc(NS(C)(=O)=O)c(C(=O)O)c2)cc1. The van der Waals surface area contributed by atoms with Gasteiger partial charge in [0, 0.05) is 11.3 Å². The van der Waals surface area contributed by atoms with Crippen molar-refractivity contribution in [1.29, 1.82) is 0 Å². The second kappa shape index (κ2) is 7.35. The molecule has 0 fully saturated rings. The molecular formula is C17H18N2O5S. The maximum absolute atomic E-state index is 12.2. The molecule has 1 amide bonds. The van der Waals surface area contributed by atoms with Gasteiger partial charge in [-0.05, 0) is 42.3 Å². The molecule has 0 saturated heterocycles. The third kappa shape index (κ3) is 5.05. The number of carbonyl (C=O) groups is 2. The quantitative estimate of drug-likeness (QED) is 0.731. The Morgan fingerprint density at radius 3 is 2.24 bits per heavy atom. The van der Waals surface area contributed by atoms with Crippen LogP contribution < -0.4 is 10.0 Å². The predicted octanol–water partition coefficient (Wildman–Crippen LogP) is 2.57. The molecule has 0 aliphatic rings. The molecule has 2 rings (SSSR count). The maximum Gasteiger partial charge on any atom is 0.337 e. The minimum atomic E-state index is -3.62. The highest BCUT2D eigenvalue weighted by atomic mass is 32.2. The van der Waals surface area contributed by atoms with E-state index >= 15 is 0 Å². The first-order valence-corrected chi connectivity index (χ1v) is 9.34. The normalized spacial score (nSPS) is 11.0. The van der Waals surface area contributed by atoms with Crippen molar-refractivity contribution in [3.8, 4) is 0 Å². The summed E-state index contributed by atoms with van der Waals surface area (Å²) in [6, 6.07) is 11.0. The maximum atomic E-state index is 12.2. The Hall–Kier alpha value is -2.87. The summed E-state index contributed by atoms with van der Waals surface area (Å²) in [5, 5.41) is 11.8. The number of rotatable bonds is 6. The Kier molecular flexibility index (Phi) is 5.43. The first-order chi connectivity index (χ1) is 11.7. The van der Waals surface area contributed by atoms with Crippen molar-refractivity contribution in [1.82, 2.24) is 0 Å². The molecule has 3 N–H and O–H groups in total. The summed E-state index contributed by atoms with van der Waals surface area (Å²) in [5.74, 6) is -1.70. The Bertz CT molecular complexity index is 905. The van der Waals surface area contributed by atoms with Gasteiger partial charge in [-0.15, -0.1) is 0 Å². The van der Waals surface area contributed by atoms with Crippen molar-refractivity contribution in [2.24, 2.45) is 0 Å². The lowest BCUT2D eigenvalue weighted by Crippen LogP contribution is -2.15. The number of anilines is 2. The van der Waals surface area contributed by atoms with Crippen LogP contribution in [0.5, 0.6) is 0 Å². The molecule has 7 nitrogen and oxygen atoms in total. The van der Waals surface area contributed by atoms with Gasteiger partial charge in [-0.3, -0.25) is 9.52 Å². The van der Waals surface area contributed by atoms with E-state index in [9.17, 15) is 23.1 Å². The fourth-order valence-electron chi connectivity index (χ4n) is 2.18. The van der Waals surface area contributed by atoms with Gasteiger partial charge in [0.15, 0.2) is 0 Å². The van der Waals surface area contributed by atoms with Crippen LogP contribution in [0, 0.1) is 0 Å². The minimum Gasteiger partial charge on any atom is -0.478 e. The number of hydrogen-bond acceptors (Lipinski definition) is 4. The van der Waals surface area contributed by atoms with E-state index in [1.54, 1.807) is 12.1 Å². The van der Waals surface area contributed by atoms with Crippen LogP contribution in [0.3, 0.4) is 0 Å². The summed E-state index contributed by atoms with van der Waals surface area (Å²) in [5.41, 5.74) is 1.46. The summed E-state index contributed by atoms with van der Waals surface area (Å²) in [4.78, 5) is 23.6. The number of carbonyl (C=O) groups excluding carboxylic acids is 1. The third-order valence-electron chi connectivity index (χ3n) is 3.43. The van der Waals surface area contributed by atoms with Crippen LogP contribution in [0.2, 0.25) is 0 Å². The first-order valence-electron chi connectivity index (χ1n) is 7.45. The third-order valence-corrected chi connectivity index (χ3v) is 4.02. The van der Waals surface area contributed by atoms with Crippen molar-refractivity contribution < 1.29 is 23.1 Å². The largest absolute Gasteiger partial charge is 0.478 e. The first kappa shape index (κ1) is 18.5. The van der Waals surface area contributed by atoms with Gasteiger partial charge in [0.2, 0.25) is 10.0 Å². The highest BCUT2D eigenvalue weighted by Crippen LogP contribution is 2.22. The molecule has 0 unspecified atom stereocenters. The summed E-state index contributed by atoms with van der Waals surface area (Å²) in [7, 11) is -3.62. The van der Waals surface area contributed by atoms with E-state index in [0.29, 0.717) is 5.56 Å². The van der Waals surface area contributed by atoms with Gasteiger partial charge in [-0.1, -0.05) is 19.1 Å². The molecule has 0 heterocycles. The zero-order valence-corrected chi connectivity index (χ0v) is 14.6. The smallest absolute Gasteiger partial charge is 0.337 e. The van der Waals surface area contributed by atoms with Gasteiger partial charge in [0.05, 0.1) is 17.5 Å². The zero-order chi connectivity index (χ0) is 18.6. The molecule has 25 heavy (non-hydrogen) atoms. The molecule has 132 valence electrons. The van der Waals surface area contributed by atoms with E-state index in [1.807, 2.05) is 19.1 Å². The summed E-state index contributed by atoms with van der Waals surface area (Å²) >= 11 is 0. The van der Waals surface area contributed by atoms with Crippen LogP contribution in [-0.2, 0) is 16.4 Å². The lowest BCUT2D eigenvalue weighted by Gasteiger charge is -2.11. The van der Waals surface area contributed by atoms with E-state index in [1.165, 1.54) is 18.2 Å². The van der Waals surface area contributed by atoms with Gasteiger partial charge in [0.25, 0.3) is 5.91 Å². The van der Waals surface area contributed by atoms with E-state index in [-0.39, 0.29) is 22.8 Å². The molecule has 0 radical (unpaired) electrons. The second-order valence-electron chi connectivity index (χ2n) is 5.44. The molecule has 8 heteroatoms. The molecule has 2 aromatic rings. The van der Waals surface area contributed by atoms with Gasteiger partial charge < -0.3 is 10.4 Å². The Morgan fingerprint density at radius 1 is 1.08 bits per heavy atom. The van der Waals surface area contributed by atoms with Crippen LogP contribution in [0.1, 0.15) is 33.2 Å². The standard InChI is InChI=1S/C17H18N2O5S/c1-3-11-4-6-12(7-5-11)16(20)18-13-8-9-15(19-25(2,23)24)14(10-13)17(21)22/h4-10,19H,3H2,1-2H3,(H,18,20)(H,21,22). The predicted molar refractivity (Wildman–Crippen MR) is 95.6 cm³/mol. The average Bonchev–Trinajstić information content (AvgIpc) is 2.54. The summed E-state index contributed by atoms with van der Waals surface area (Å²) in [6.45, 7) is 2.01. The Balaban J connectivity index is 2.25. The summed E-state index contributed by atoms with van der Waals surface area (Å²) < 4.78 is 24.7. The lowest BCUT2D eigenvalue weighted by atomic mass is 10.1. The van der Waals surface area contributed by atoms with Gasteiger partial charge in [-0.25, -0.2) is 13.2 Å². The fraction of sp³-hybridized carbons (Fsp3) is 0.176. The van der Waals surface area contributed by atoms with Crippen molar-refractivity contribution in [2.45, 2.75) is 13.3 Å². The molecule has 0 aromatic heterocycles. The number of carboxylic acid groups (broad SMARTS) is 1. The van der Waals surface area contributed by atoms with Crippen molar-refractivity contribution in [3.63, 3.8) is 0 Å². The van der Waals surface area contributed by atoms with Crippen LogP contribution in [0.25, 0.3) is 0 Å². The van der Waals surface area contributed by atoms with Crippen molar-refractivity contribution >= 4 is 33.3 Å². The molecular weight excluding hydrogens is 344 g/mol. The Labute approximate surface area is 145 Å². The highest BCUT2D eigenvalue weighted by molar-refractivity contribution is 7.92. The average molecular weight is 362 g/mol. The van der Waals surface area contributed by atoms with Crippen LogP contribution in [-0.4, -0.2) is 31.7 Å². The van der Waals surface area contributed by atoms with Gasteiger partial charge >= 0.3 is 5.97 Å². The molecule has 0 bridgehead atoms. The molecule has 0 aliphatic heterocycles. The number of sulfonamides is 1. The van der Waals surface area contributed by atoms with Crippen LogP contribution in [0.4, 0.5) is 11.4 Å². The summed E-state index contributed by atoms with van der Waals surface area (Å²) in [6.07, 6.45) is 1.78. The topological polar surface area (TPSA) is 113 Å². The molecule has 2 aromatic carbocycles. The van der Waals surface area contributed by atoms with Crippen molar-refractivity contribution in [3.05, 3.63) is 59.2 Å². The van der Waals surface area contributed by atoms with Gasteiger partial charge in [0.1, 0.15) is 0 Å². The number of amides is 1. The number of hydrogen-bond donors (Lipinski definition) is 3. The second-order valence-corrected chi connectivity index (χ2v) is 7.19. The molecule has 0 atom stereocenters. The number of aryl methyl sites for hydroxylation is 1. The number of nitrogens with one attached hydrogen (secondary N) is 2. The van der Waals surface area contributed by atoms with E-state index in [0.717, 1.165) is 18.2 Å². The van der Waals surface area contributed by atoms with Crippen LogP contribution >= 0.6 is 0 Å². The zero-order valence-electron chi connectivity index (χ0n) is 13.7. The molecule has 0 saturated carbocycles. The van der Waals surface area contributed by atoms with E-state index in [2.05, 4.69) is 10.0 Å². The van der Waals surface area contributed by atoms with E-state index < -0.39 is 16.0 Å². The van der Waals surface area contributed by atoms with Crippen LogP contribution in [0.15, 0.2) is 42.5 Å². The monoisotopic (exact) mass is 362 g/mol. The van der Waals surface area contributed by atoms with Gasteiger partial charge in [-0.2, -0.15) is 0 Å². The molecule has 0 spiro atoms. The molecule has 0 aliphatic carbocycles. The fourth-order valence-corrected chi connectivity index (χ4v) is 2.76.